The first kappa shape index (κ1) is 12.3. The highest BCUT2D eigenvalue weighted by molar-refractivity contribution is 4.92. The lowest BCUT2D eigenvalue weighted by Gasteiger charge is -2.42. The molecule has 2 aliphatic rings. The molecule has 0 bridgehead atoms. The summed E-state index contributed by atoms with van der Waals surface area (Å²) in [6, 6.07) is 1.22. The van der Waals surface area contributed by atoms with Gasteiger partial charge in [-0.2, -0.15) is 0 Å². The summed E-state index contributed by atoms with van der Waals surface area (Å²) >= 11 is 0. The van der Waals surface area contributed by atoms with Gasteiger partial charge in [-0.05, 0) is 31.6 Å². The fourth-order valence-corrected chi connectivity index (χ4v) is 3.32. The molecule has 0 aromatic rings. The number of nitrogens with two attached hydrogens (primary N) is 1. The van der Waals surface area contributed by atoms with Gasteiger partial charge in [0, 0.05) is 25.2 Å². The molecule has 0 aromatic heterocycles. The summed E-state index contributed by atoms with van der Waals surface area (Å²) in [4.78, 5) is 2.64. The predicted octanol–water partition coefficient (Wildman–Crippen LogP) is 1.61. The summed E-state index contributed by atoms with van der Waals surface area (Å²) in [5.41, 5.74) is 5.95. The van der Waals surface area contributed by atoms with Crippen molar-refractivity contribution in [3.63, 3.8) is 0 Å². The predicted molar refractivity (Wildman–Crippen MR) is 66.4 cm³/mol. The van der Waals surface area contributed by atoms with Crippen molar-refractivity contribution in [1.82, 2.24) is 4.90 Å². The van der Waals surface area contributed by atoms with Crippen molar-refractivity contribution in [2.24, 2.45) is 11.7 Å². The Hall–Kier alpha value is -0.120. The Morgan fingerprint density at radius 3 is 2.88 bits per heavy atom. The molecule has 1 aliphatic heterocycles. The average Bonchev–Trinajstić information content (AvgIpc) is 2.73. The zero-order valence-corrected chi connectivity index (χ0v) is 10.7. The minimum Gasteiger partial charge on any atom is -0.375 e. The largest absolute Gasteiger partial charge is 0.375 e. The molecular formula is C13H26N2O. The molecule has 16 heavy (non-hydrogen) atoms. The third-order valence-electron chi connectivity index (χ3n) is 4.01. The molecular weight excluding hydrogens is 200 g/mol. The molecule has 2 rings (SSSR count). The number of ether oxygens (including phenoxy) is 1. The van der Waals surface area contributed by atoms with Gasteiger partial charge < -0.3 is 10.5 Å². The lowest BCUT2D eigenvalue weighted by molar-refractivity contribution is -0.0728. The molecule has 3 atom stereocenters. The number of fused-ring (bicyclic) bond motifs is 1. The Bertz CT molecular complexity index is 220. The molecule has 2 fully saturated rings. The van der Waals surface area contributed by atoms with Gasteiger partial charge in [-0.1, -0.05) is 13.8 Å². The van der Waals surface area contributed by atoms with Gasteiger partial charge >= 0.3 is 0 Å². The van der Waals surface area contributed by atoms with Gasteiger partial charge in [-0.15, -0.1) is 0 Å². The van der Waals surface area contributed by atoms with E-state index in [-0.39, 0.29) is 0 Å². The van der Waals surface area contributed by atoms with Crippen molar-refractivity contribution in [3.8, 4) is 0 Å². The van der Waals surface area contributed by atoms with Crippen LogP contribution in [0.5, 0.6) is 0 Å². The Labute approximate surface area is 99.3 Å². The normalized spacial score (nSPS) is 33.0. The van der Waals surface area contributed by atoms with Crippen molar-refractivity contribution in [2.75, 3.05) is 19.7 Å². The van der Waals surface area contributed by atoms with Crippen molar-refractivity contribution >= 4 is 0 Å². The molecule has 3 unspecified atom stereocenters. The minimum absolute atomic E-state index is 0.495. The first-order valence-electron chi connectivity index (χ1n) is 6.79. The van der Waals surface area contributed by atoms with Crippen LogP contribution >= 0.6 is 0 Å². The first-order chi connectivity index (χ1) is 7.72. The summed E-state index contributed by atoms with van der Waals surface area (Å²) < 4.78 is 5.85. The van der Waals surface area contributed by atoms with Gasteiger partial charge in [-0.25, -0.2) is 0 Å². The molecule has 3 heteroatoms. The van der Waals surface area contributed by atoms with Crippen molar-refractivity contribution in [3.05, 3.63) is 0 Å². The smallest absolute Gasteiger partial charge is 0.0731 e. The SMILES string of the molecule is CC(C)CC(CN)N1CCOC2CCCC21. The molecule has 2 N–H and O–H groups in total. The third kappa shape index (κ3) is 2.58. The van der Waals surface area contributed by atoms with Gasteiger partial charge in [0.05, 0.1) is 12.7 Å². The Morgan fingerprint density at radius 1 is 1.38 bits per heavy atom. The molecule has 0 spiro atoms. The van der Waals surface area contributed by atoms with E-state index >= 15 is 0 Å². The van der Waals surface area contributed by atoms with Crippen LogP contribution in [0.3, 0.4) is 0 Å². The molecule has 94 valence electrons. The van der Waals surface area contributed by atoms with Crippen molar-refractivity contribution in [2.45, 2.75) is 57.7 Å². The van der Waals surface area contributed by atoms with Crippen LogP contribution in [0.2, 0.25) is 0 Å². The Kier molecular flexibility index (Phi) is 4.22. The monoisotopic (exact) mass is 226 g/mol. The highest BCUT2D eigenvalue weighted by Gasteiger charge is 2.38. The zero-order chi connectivity index (χ0) is 11.5. The molecule has 0 radical (unpaired) electrons. The van der Waals surface area contributed by atoms with E-state index in [1.54, 1.807) is 0 Å². The summed E-state index contributed by atoms with van der Waals surface area (Å²) in [6.07, 6.45) is 5.60. The second-order valence-corrected chi connectivity index (χ2v) is 5.66. The molecule has 1 saturated carbocycles. The quantitative estimate of drug-likeness (QED) is 0.791. The van der Waals surface area contributed by atoms with Crippen LogP contribution in [0, 0.1) is 5.92 Å². The van der Waals surface area contributed by atoms with Crippen LogP contribution in [0.4, 0.5) is 0 Å². The second kappa shape index (κ2) is 5.48. The molecule has 1 saturated heterocycles. The standard InChI is InChI=1S/C13H26N2O/c1-10(2)8-11(9-14)15-6-7-16-13-5-3-4-12(13)15/h10-13H,3-9,14H2,1-2H3. The molecule has 1 heterocycles. The van der Waals surface area contributed by atoms with Crippen LogP contribution in [0.1, 0.15) is 39.5 Å². The first-order valence-corrected chi connectivity index (χ1v) is 6.79. The lowest BCUT2D eigenvalue weighted by atomic mass is 9.99. The lowest BCUT2D eigenvalue weighted by Crippen LogP contribution is -2.55. The number of nitrogens with zero attached hydrogens (tertiary/aromatic N) is 1. The Balaban J connectivity index is 1.99. The van der Waals surface area contributed by atoms with E-state index in [0.29, 0.717) is 18.2 Å². The number of morpholine rings is 1. The number of hydrogen-bond donors (Lipinski definition) is 1. The summed E-state index contributed by atoms with van der Waals surface area (Å²) in [6.45, 7) is 7.34. The fraction of sp³-hybridized carbons (Fsp3) is 1.00. The van der Waals surface area contributed by atoms with Gasteiger partial charge in [-0.3, -0.25) is 4.90 Å². The van der Waals surface area contributed by atoms with E-state index in [9.17, 15) is 0 Å². The second-order valence-electron chi connectivity index (χ2n) is 5.66. The zero-order valence-electron chi connectivity index (χ0n) is 10.7. The molecule has 1 aliphatic carbocycles. The molecule has 0 aromatic carbocycles. The van der Waals surface area contributed by atoms with Gasteiger partial charge in [0.15, 0.2) is 0 Å². The minimum atomic E-state index is 0.495. The highest BCUT2D eigenvalue weighted by atomic mass is 16.5. The van der Waals surface area contributed by atoms with Crippen LogP contribution < -0.4 is 5.73 Å². The van der Waals surface area contributed by atoms with E-state index in [2.05, 4.69) is 18.7 Å². The maximum atomic E-state index is 5.95. The highest BCUT2D eigenvalue weighted by Crippen LogP contribution is 2.31. The van der Waals surface area contributed by atoms with Crippen LogP contribution in [0.15, 0.2) is 0 Å². The Morgan fingerprint density at radius 2 is 2.19 bits per heavy atom. The third-order valence-corrected chi connectivity index (χ3v) is 4.01. The van der Waals surface area contributed by atoms with Crippen molar-refractivity contribution in [1.29, 1.82) is 0 Å². The van der Waals surface area contributed by atoms with Crippen molar-refractivity contribution < 1.29 is 4.74 Å². The van der Waals surface area contributed by atoms with E-state index in [0.717, 1.165) is 25.6 Å². The fourth-order valence-electron chi connectivity index (χ4n) is 3.32. The summed E-state index contributed by atoms with van der Waals surface area (Å²) in [7, 11) is 0. The topological polar surface area (TPSA) is 38.5 Å². The number of hydrogen-bond acceptors (Lipinski definition) is 3. The molecule has 3 nitrogen and oxygen atoms in total. The van der Waals surface area contributed by atoms with Crippen LogP contribution in [-0.2, 0) is 4.74 Å². The van der Waals surface area contributed by atoms with Crippen LogP contribution in [0.25, 0.3) is 0 Å². The van der Waals surface area contributed by atoms with Gasteiger partial charge in [0.2, 0.25) is 0 Å². The maximum Gasteiger partial charge on any atom is 0.0731 e. The molecule has 0 amide bonds. The van der Waals surface area contributed by atoms with Gasteiger partial charge in [0.25, 0.3) is 0 Å². The van der Waals surface area contributed by atoms with E-state index in [1.807, 2.05) is 0 Å². The number of rotatable bonds is 4. The van der Waals surface area contributed by atoms with E-state index < -0.39 is 0 Å². The maximum absolute atomic E-state index is 5.95. The van der Waals surface area contributed by atoms with E-state index in [1.165, 1.54) is 25.7 Å². The van der Waals surface area contributed by atoms with E-state index in [4.69, 9.17) is 10.5 Å². The summed E-state index contributed by atoms with van der Waals surface area (Å²) in [5, 5.41) is 0. The van der Waals surface area contributed by atoms with Crippen LogP contribution in [-0.4, -0.2) is 42.8 Å². The average molecular weight is 226 g/mol. The summed E-state index contributed by atoms with van der Waals surface area (Å²) in [5.74, 6) is 0.733. The van der Waals surface area contributed by atoms with Gasteiger partial charge in [0.1, 0.15) is 0 Å².